The highest BCUT2D eigenvalue weighted by molar-refractivity contribution is 9.10. The Morgan fingerprint density at radius 2 is 2.24 bits per heavy atom. The van der Waals surface area contributed by atoms with Crippen LogP contribution in [0.5, 0.6) is 0 Å². The van der Waals surface area contributed by atoms with Crippen LogP contribution >= 0.6 is 15.9 Å². The number of hydrogen-bond acceptors (Lipinski definition) is 4. The zero-order valence-electron chi connectivity index (χ0n) is 10.2. The van der Waals surface area contributed by atoms with Gasteiger partial charge in [0.1, 0.15) is 6.04 Å². The molecule has 5 heteroatoms. The molecule has 0 fully saturated rings. The van der Waals surface area contributed by atoms with Crippen LogP contribution in [-0.4, -0.2) is 23.6 Å². The van der Waals surface area contributed by atoms with Gasteiger partial charge in [-0.2, -0.15) is 0 Å². The largest absolute Gasteiger partial charge is 0.465 e. The van der Waals surface area contributed by atoms with E-state index in [-0.39, 0.29) is 12.0 Å². The second kappa shape index (κ2) is 6.71. The van der Waals surface area contributed by atoms with Crippen LogP contribution < -0.4 is 5.32 Å². The first kappa shape index (κ1) is 14.1. The molecule has 0 saturated carbocycles. The number of halogens is 1. The molecule has 1 aromatic rings. The van der Waals surface area contributed by atoms with Crippen molar-refractivity contribution < 1.29 is 9.53 Å². The lowest BCUT2D eigenvalue weighted by molar-refractivity contribution is -0.146. The molecule has 0 aliphatic heterocycles. The average Bonchev–Trinajstić information content (AvgIpc) is 2.27. The fourth-order valence-corrected chi connectivity index (χ4v) is 1.63. The Morgan fingerprint density at radius 3 is 2.71 bits per heavy atom. The summed E-state index contributed by atoms with van der Waals surface area (Å²) in [5.74, 6) is -0.295. The highest BCUT2D eigenvalue weighted by Crippen LogP contribution is 2.16. The summed E-state index contributed by atoms with van der Waals surface area (Å²) in [4.78, 5) is 16.1. The van der Waals surface area contributed by atoms with Gasteiger partial charge in [-0.05, 0) is 48.8 Å². The minimum Gasteiger partial charge on any atom is -0.465 e. The highest BCUT2D eigenvalue weighted by Gasteiger charge is 2.23. The van der Waals surface area contributed by atoms with Gasteiger partial charge in [-0.3, -0.25) is 10.3 Å². The number of rotatable bonds is 5. The van der Waals surface area contributed by atoms with Gasteiger partial charge in [0.25, 0.3) is 0 Å². The van der Waals surface area contributed by atoms with E-state index in [0.717, 1.165) is 4.47 Å². The van der Waals surface area contributed by atoms with Gasteiger partial charge in [0, 0.05) is 16.7 Å². The van der Waals surface area contributed by atoms with E-state index in [1.165, 1.54) is 0 Å². The quantitative estimate of drug-likeness (QED) is 0.849. The summed E-state index contributed by atoms with van der Waals surface area (Å²) in [6.07, 6.45) is 1.67. The second-order valence-electron chi connectivity index (χ2n) is 3.91. The van der Waals surface area contributed by atoms with Crippen LogP contribution in [0.2, 0.25) is 0 Å². The molecule has 1 heterocycles. The topological polar surface area (TPSA) is 51.2 Å². The average molecular weight is 301 g/mol. The zero-order chi connectivity index (χ0) is 12.8. The van der Waals surface area contributed by atoms with Crippen molar-refractivity contribution in [2.24, 2.45) is 0 Å². The second-order valence-corrected chi connectivity index (χ2v) is 4.82. The SMILES string of the molecule is CCOC(=O)C(NC(C)C)c1ccc(Br)cn1. The summed E-state index contributed by atoms with van der Waals surface area (Å²) in [6.45, 7) is 6.11. The number of pyridine rings is 1. The number of hydrogen-bond donors (Lipinski definition) is 1. The first-order valence-electron chi connectivity index (χ1n) is 5.58. The molecule has 1 aromatic heterocycles. The zero-order valence-corrected chi connectivity index (χ0v) is 11.8. The lowest BCUT2D eigenvalue weighted by Gasteiger charge is -2.19. The van der Waals surface area contributed by atoms with E-state index in [0.29, 0.717) is 12.3 Å². The standard InChI is InChI=1S/C12H17BrN2O2/c1-4-17-12(16)11(15-8(2)3)10-6-5-9(13)7-14-10/h5-8,11,15H,4H2,1-3H3. The highest BCUT2D eigenvalue weighted by atomic mass is 79.9. The first-order chi connectivity index (χ1) is 8.04. The van der Waals surface area contributed by atoms with Gasteiger partial charge in [-0.25, -0.2) is 4.79 Å². The van der Waals surface area contributed by atoms with E-state index in [1.807, 2.05) is 19.9 Å². The smallest absolute Gasteiger partial charge is 0.329 e. The Hall–Kier alpha value is -0.940. The Kier molecular flexibility index (Phi) is 5.58. The predicted octanol–water partition coefficient (Wildman–Crippen LogP) is 2.45. The third-order valence-electron chi connectivity index (χ3n) is 2.07. The Morgan fingerprint density at radius 1 is 1.53 bits per heavy atom. The van der Waals surface area contributed by atoms with Crippen molar-refractivity contribution in [1.82, 2.24) is 10.3 Å². The molecule has 0 aromatic carbocycles. The summed E-state index contributed by atoms with van der Waals surface area (Å²) in [6, 6.07) is 3.33. The van der Waals surface area contributed by atoms with Crippen molar-refractivity contribution in [2.75, 3.05) is 6.61 Å². The van der Waals surface area contributed by atoms with Crippen molar-refractivity contribution in [1.29, 1.82) is 0 Å². The number of esters is 1. The molecule has 1 unspecified atom stereocenters. The molecule has 0 aliphatic carbocycles. The van der Waals surface area contributed by atoms with E-state index in [2.05, 4.69) is 26.2 Å². The number of aromatic nitrogens is 1. The number of nitrogens with one attached hydrogen (secondary N) is 1. The molecule has 0 spiro atoms. The number of carbonyl (C=O) groups is 1. The van der Waals surface area contributed by atoms with Crippen LogP contribution in [0.4, 0.5) is 0 Å². The van der Waals surface area contributed by atoms with Crippen LogP contribution in [-0.2, 0) is 9.53 Å². The van der Waals surface area contributed by atoms with E-state index in [9.17, 15) is 4.79 Å². The van der Waals surface area contributed by atoms with E-state index >= 15 is 0 Å². The van der Waals surface area contributed by atoms with Crippen LogP contribution in [0, 0.1) is 0 Å². The molecule has 4 nitrogen and oxygen atoms in total. The Bertz CT molecular complexity index is 365. The molecule has 0 bridgehead atoms. The van der Waals surface area contributed by atoms with Crippen LogP contribution in [0.1, 0.15) is 32.5 Å². The molecule has 94 valence electrons. The third-order valence-corrected chi connectivity index (χ3v) is 2.54. The monoisotopic (exact) mass is 300 g/mol. The number of carbonyl (C=O) groups excluding carboxylic acids is 1. The predicted molar refractivity (Wildman–Crippen MR) is 69.6 cm³/mol. The third kappa shape index (κ3) is 4.44. The van der Waals surface area contributed by atoms with Gasteiger partial charge >= 0.3 is 5.97 Å². The van der Waals surface area contributed by atoms with E-state index in [1.54, 1.807) is 19.2 Å². The summed E-state index contributed by atoms with van der Waals surface area (Å²) in [5, 5.41) is 3.15. The minimum atomic E-state index is -0.511. The van der Waals surface area contributed by atoms with Gasteiger partial charge in [0.15, 0.2) is 0 Å². The Labute approximate surface area is 110 Å². The molecule has 1 rings (SSSR count). The number of nitrogens with zero attached hydrogens (tertiary/aromatic N) is 1. The van der Waals surface area contributed by atoms with Crippen LogP contribution in [0.15, 0.2) is 22.8 Å². The van der Waals surface area contributed by atoms with Crippen molar-refractivity contribution in [3.63, 3.8) is 0 Å². The molecule has 17 heavy (non-hydrogen) atoms. The van der Waals surface area contributed by atoms with Crippen LogP contribution in [0.25, 0.3) is 0 Å². The normalized spacial score (nSPS) is 12.5. The van der Waals surface area contributed by atoms with Crippen molar-refractivity contribution in [3.05, 3.63) is 28.5 Å². The Balaban J connectivity index is 2.89. The van der Waals surface area contributed by atoms with Crippen LogP contribution in [0.3, 0.4) is 0 Å². The molecule has 1 atom stereocenters. The van der Waals surface area contributed by atoms with Gasteiger partial charge in [0.2, 0.25) is 0 Å². The maximum atomic E-state index is 11.8. The summed E-state index contributed by atoms with van der Waals surface area (Å²) >= 11 is 3.31. The molecule has 0 radical (unpaired) electrons. The molecule has 1 N–H and O–H groups in total. The summed E-state index contributed by atoms with van der Waals surface area (Å²) in [5.41, 5.74) is 0.667. The molecular formula is C12H17BrN2O2. The van der Waals surface area contributed by atoms with Crippen molar-refractivity contribution in [2.45, 2.75) is 32.9 Å². The van der Waals surface area contributed by atoms with E-state index < -0.39 is 6.04 Å². The molecular weight excluding hydrogens is 284 g/mol. The summed E-state index contributed by atoms with van der Waals surface area (Å²) < 4.78 is 5.92. The molecule has 0 saturated heterocycles. The molecule has 0 aliphatic rings. The fraction of sp³-hybridized carbons (Fsp3) is 0.500. The van der Waals surface area contributed by atoms with Gasteiger partial charge in [-0.1, -0.05) is 0 Å². The minimum absolute atomic E-state index is 0.176. The molecule has 0 amide bonds. The van der Waals surface area contributed by atoms with Gasteiger partial charge in [-0.15, -0.1) is 0 Å². The maximum absolute atomic E-state index is 11.8. The maximum Gasteiger partial charge on any atom is 0.329 e. The summed E-state index contributed by atoms with van der Waals surface area (Å²) in [7, 11) is 0. The fourth-order valence-electron chi connectivity index (χ4n) is 1.39. The first-order valence-corrected chi connectivity index (χ1v) is 6.38. The number of ether oxygens (including phenoxy) is 1. The van der Waals surface area contributed by atoms with Crippen molar-refractivity contribution >= 4 is 21.9 Å². The van der Waals surface area contributed by atoms with Crippen molar-refractivity contribution in [3.8, 4) is 0 Å². The van der Waals surface area contributed by atoms with Gasteiger partial charge in [0.05, 0.1) is 12.3 Å². The van der Waals surface area contributed by atoms with Gasteiger partial charge < -0.3 is 4.74 Å². The lowest BCUT2D eigenvalue weighted by atomic mass is 10.1. The van der Waals surface area contributed by atoms with E-state index in [4.69, 9.17) is 4.74 Å². The lowest BCUT2D eigenvalue weighted by Crippen LogP contribution is -2.35.